The number of halogens is 2. The van der Waals surface area contributed by atoms with Crippen molar-refractivity contribution in [1.82, 2.24) is 4.98 Å². The second kappa shape index (κ2) is 3.80. The van der Waals surface area contributed by atoms with E-state index in [4.69, 9.17) is 23.2 Å². The molecule has 1 heterocycles. The Morgan fingerprint density at radius 1 is 1.27 bits per heavy atom. The van der Waals surface area contributed by atoms with Gasteiger partial charge in [-0.15, -0.1) is 0 Å². The van der Waals surface area contributed by atoms with Gasteiger partial charge in [0.05, 0.1) is 10.5 Å². The number of fused-ring (bicyclic) bond motifs is 1. The molecule has 15 heavy (non-hydrogen) atoms. The molecule has 0 aliphatic carbocycles. The van der Waals surface area contributed by atoms with Crippen LogP contribution >= 0.6 is 23.2 Å². The van der Waals surface area contributed by atoms with Gasteiger partial charge in [-0.05, 0) is 25.1 Å². The molecular formula is C11H7Cl2NO. The Bertz CT molecular complexity index is 552. The van der Waals surface area contributed by atoms with E-state index in [-0.39, 0.29) is 0 Å². The molecular weight excluding hydrogens is 233 g/mol. The Hall–Kier alpha value is -1.12. The van der Waals surface area contributed by atoms with E-state index in [0.717, 1.165) is 12.0 Å². The van der Waals surface area contributed by atoms with Crippen molar-refractivity contribution < 1.29 is 4.79 Å². The number of hydrogen-bond acceptors (Lipinski definition) is 2. The monoisotopic (exact) mass is 239 g/mol. The fourth-order valence-electron chi connectivity index (χ4n) is 1.51. The summed E-state index contributed by atoms with van der Waals surface area (Å²) < 4.78 is 0. The van der Waals surface area contributed by atoms with Crippen LogP contribution in [0.4, 0.5) is 0 Å². The SMILES string of the molecule is Cc1cc(C=O)c2cc(Cl)cc(Cl)c2n1. The summed E-state index contributed by atoms with van der Waals surface area (Å²) in [5.74, 6) is 0. The first-order chi connectivity index (χ1) is 7.11. The van der Waals surface area contributed by atoms with Gasteiger partial charge in [-0.1, -0.05) is 23.2 Å². The lowest BCUT2D eigenvalue weighted by Crippen LogP contribution is -1.91. The van der Waals surface area contributed by atoms with Gasteiger partial charge in [0, 0.05) is 21.7 Å². The topological polar surface area (TPSA) is 30.0 Å². The van der Waals surface area contributed by atoms with E-state index < -0.39 is 0 Å². The summed E-state index contributed by atoms with van der Waals surface area (Å²) in [5, 5.41) is 1.65. The van der Waals surface area contributed by atoms with Gasteiger partial charge in [0.2, 0.25) is 0 Å². The van der Waals surface area contributed by atoms with E-state index >= 15 is 0 Å². The molecule has 0 radical (unpaired) electrons. The molecule has 0 spiro atoms. The lowest BCUT2D eigenvalue weighted by atomic mass is 10.1. The molecule has 1 aromatic carbocycles. The van der Waals surface area contributed by atoms with Gasteiger partial charge >= 0.3 is 0 Å². The van der Waals surface area contributed by atoms with Crippen LogP contribution in [0.25, 0.3) is 10.9 Å². The third kappa shape index (κ3) is 1.83. The molecule has 0 N–H and O–H groups in total. The number of carbonyl (C=O) groups excluding carboxylic acids is 1. The van der Waals surface area contributed by atoms with Crippen molar-refractivity contribution in [3.63, 3.8) is 0 Å². The van der Waals surface area contributed by atoms with Gasteiger partial charge in [-0.3, -0.25) is 9.78 Å². The summed E-state index contributed by atoms with van der Waals surface area (Å²) in [7, 11) is 0. The Balaban J connectivity index is 2.95. The van der Waals surface area contributed by atoms with Gasteiger partial charge in [-0.2, -0.15) is 0 Å². The highest BCUT2D eigenvalue weighted by Gasteiger charge is 2.08. The maximum absolute atomic E-state index is 10.9. The highest BCUT2D eigenvalue weighted by Crippen LogP contribution is 2.28. The second-order valence-electron chi connectivity index (χ2n) is 3.25. The predicted molar refractivity (Wildman–Crippen MR) is 61.9 cm³/mol. The van der Waals surface area contributed by atoms with Crippen molar-refractivity contribution in [1.29, 1.82) is 0 Å². The first-order valence-corrected chi connectivity index (χ1v) is 5.09. The zero-order valence-electron chi connectivity index (χ0n) is 7.92. The smallest absolute Gasteiger partial charge is 0.150 e. The van der Waals surface area contributed by atoms with E-state index in [1.54, 1.807) is 18.2 Å². The fourth-order valence-corrected chi connectivity index (χ4v) is 2.04. The van der Waals surface area contributed by atoms with Crippen LogP contribution in [0.3, 0.4) is 0 Å². The van der Waals surface area contributed by atoms with E-state index in [0.29, 0.717) is 26.5 Å². The van der Waals surface area contributed by atoms with Crippen molar-refractivity contribution in [2.45, 2.75) is 6.92 Å². The number of aldehydes is 1. The molecule has 4 heteroatoms. The van der Waals surface area contributed by atoms with Crippen molar-refractivity contribution in [2.24, 2.45) is 0 Å². The summed E-state index contributed by atoms with van der Waals surface area (Å²) >= 11 is 11.9. The molecule has 2 nitrogen and oxygen atoms in total. The summed E-state index contributed by atoms with van der Waals surface area (Å²) in [6, 6.07) is 5.02. The molecule has 2 aromatic rings. The number of carbonyl (C=O) groups is 1. The molecule has 0 bridgehead atoms. The van der Waals surface area contributed by atoms with Crippen LogP contribution < -0.4 is 0 Å². The number of hydrogen-bond donors (Lipinski definition) is 0. The second-order valence-corrected chi connectivity index (χ2v) is 4.10. The standard InChI is InChI=1S/C11H7Cl2NO/c1-6-2-7(5-15)9-3-8(12)4-10(13)11(9)14-6/h2-5H,1H3. The average Bonchev–Trinajstić information content (AvgIpc) is 2.18. The van der Waals surface area contributed by atoms with Crippen LogP contribution in [-0.4, -0.2) is 11.3 Å². The van der Waals surface area contributed by atoms with Crippen LogP contribution in [0.15, 0.2) is 18.2 Å². The molecule has 2 rings (SSSR count). The van der Waals surface area contributed by atoms with Crippen molar-refractivity contribution in [3.8, 4) is 0 Å². The quantitative estimate of drug-likeness (QED) is 0.712. The normalized spacial score (nSPS) is 10.6. The van der Waals surface area contributed by atoms with Crippen molar-refractivity contribution >= 4 is 40.4 Å². The molecule has 76 valence electrons. The minimum atomic E-state index is 0.462. The third-order valence-electron chi connectivity index (χ3n) is 2.12. The number of aryl methyl sites for hydroxylation is 1. The highest BCUT2D eigenvalue weighted by atomic mass is 35.5. The Morgan fingerprint density at radius 2 is 2.00 bits per heavy atom. The lowest BCUT2D eigenvalue weighted by Gasteiger charge is -2.05. The zero-order chi connectivity index (χ0) is 11.0. The zero-order valence-corrected chi connectivity index (χ0v) is 9.43. The average molecular weight is 240 g/mol. The maximum Gasteiger partial charge on any atom is 0.150 e. The highest BCUT2D eigenvalue weighted by molar-refractivity contribution is 6.38. The molecule has 1 aromatic heterocycles. The minimum absolute atomic E-state index is 0.462. The van der Waals surface area contributed by atoms with Gasteiger partial charge in [0.1, 0.15) is 0 Å². The molecule has 0 fully saturated rings. The van der Waals surface area contributed by atoms with Crippen LogP contribution in [0.5, 0.6) is 0 Å². The molecule has 0 aliphatic rings. The van der Waals surface area contributed by atoms with Crippen molar-refractivity contribution in [3.05, 3.63) is 39.5 Å². The van der Waals surface area contributed by atoms with Crippen LogP contribution in [0.1, 0.15) is 16.1 Å². The number of benzene rings is 1. The summed E-state index contributed by atoms with van der Waals surface area (Å²) in [4.78, 5) is 15.2. The molecule has 0 saturated carbocycles. The van der Waals surface area contributed by atoms with Gasteiger partial charge in [0.15, 0.2) is 6.29 Å². The first kappa shape index (κ1) is 10.4. The Labute approximate surface area is 96.8 Å². The Morgan fingerprint density at radius 3 is 2.67 bits per heavy atom. The van der Waals surface area contributed by atoms with Gasteiger partial charge in [-0.25, -0.2) is 0 Å². The van der Waals surface area contributed by atoms with E-state index in [1.807, 2.05) is 6.92 Å². The van der Waals surface area contributed by atoms with Crippen molar-refractivity contribution in [2.75, 3.05) is 0 Å². The largest absolute Gasteiger partial charge is 0.298 e. The number of pyridine rings is 1. The van der Waals surface area contributed by atoms with Gasteiger partial charge < -0.3 is 0 Å². The first-order valence-electron chi connectivity index (χ1n) is 4.33. The molecule has 0 aliphatic heterocycles. The van der Waals surface area contributed by atoms with Crippen LogP contribution in [0, 0.1) is 6.92 Å². The fraction of sp³-hybridized carbons (Fsp3) is 0.0909. The number of rotatable bonds is 1. The lowest BCUT2D eigenvalue weighted by molar-refractivity contribution is 0.112. The van der Waals surface area contributed by atoms with Crippen LogP contribution in [0.2, 0.25) is 10.0 Å². The predicted octanol–water partition coefficient (Wildman–Crippen LogP) is 3.66. The van der Waals surface area contributed by atoms with E-state index in [1.165, 1.54) is 0 Å². The molecule has 0 amide bonds. The number of nitrogens with zero attached hydrogens (tertiary/aromatic N) is 1. The van der Waals surface area contributed by atoms with E-state index in [9.17, 15) is 4.79 Å². The Kier molecular flexibility index (Phi) is 2.63. The minimum Gasteiger partial charge on any atom is -0.298 e. The summed E-state index contributed by atoms with van der Waals surface area (Å²) in [5.41, 5.74) is 1.93. The maximum atomic E-state index is 10.9. The van der Waals surface area contributed by atoms with E-state index in [2.05, 4.69) is 4.98 Å². The third-order valence-corrected chi connectivity index (χ3v) is 2.63. The molecule has 0 unspecified atom stereocenters. The summed E-state index contributed by atoms with van der Waals surface area (Å²) in [6.45, 7) is 1.82. The molecule has 0 atom stereocenters. The number of aromatic nitrogens is 1. The summed E-state index contributed by atoms with van der Waals surface area (Å²) in [6.07, 6.45) is 0.781. The van der Waals surface area contributed by atoms with Gasteiger partial charge in [0.25, 0.3) is 0 Å². The van der Waals surface area contributed by atoms with Crippen LogP contribution in [-0.2, 0) is 0 Å². The molecule has 0 saturated heterocycles.